The fraction of sp³-hybridized carbons (Fsp3) is 0.409. The van der Waals surface area contributed by atoms with E-state index in [0.29, 0.717) is 5.56 Å². The molecule has 0 spiro atoms. The molecule has 2 aromatic rings. The van der Waals surface area contributed by atoms with Crippen molar-refractivity contribution < 1.29 is 9.53 Å². The van der Waals surface area contributed by atoms with Crippen LogP contribution in [-0.2, 0) is 13.0 Å². The summed E-state index contributed by atoms with van der Waals surface area (Å²) in [6.45, 7) is 7.29. The number of halogens is 1. The summed E-state index contributed by atoms with van der Waals surface area (Å²) in [6.07, 6.45) is 1.12. The van der Waals surface area contributed by atoms with Gasteiger partial charge in [0, 0.05) is 50.5 Å². The first-order valence-corrected chi connectivity index (χ1v) is 9.66. The van der Waals surface area contributed by atoms with Gasteiger partial charge in [-0.3, -0.25) is 9.69 Å². The van der Waals surface area contributed by atoms with Crippen LogP contribution in [0, 0.1) is 6.92 Å². The number of rotatable bonds is 4. The standard InChI is InChI=1S/C22H27N3O2.ClH/c1-16-6-7-18(14-20(16)27-2)22(26)25-12-10-24(11-13-25)15-19-5-3-4-17-8-9-23-21(17)19;/h3-7,14,23H,8-13,15H2,1-2H3;1H. The smallest absolute Gasteiger partial charge is 0.254 e. The van der Waals surface area contributed by atoms with Gasteiger partial charge in [0.15, 0.2) is 0 Å². The minimum Gasteiger partial charge on any atom is -0.496 e. The van der Waals surface area contributed by atoms with Crippen LogP contribution in [0.2, 0.25) is 0 Å². The molecule has 0 aliphatic carbocycles. The van der Waals surface area contributed by atoms with Crippen LogP contribution in [-0.4, -0.2) is 55.5 Å². The van der Waals surface area contributed by atoms with Crippen molar-refractivity contribution in [1.82, 2.24) is 9.80 Å². The lowest BCUT2D eigenvalue weighted by atomic mass is 10.1. The van der Waals surface area contributed by atoms with Gasteiger partial charge in [-0.25, -0.2) is 0 Å². The summed E-state index contributed by atoms with van der Waals surface area (Å²) in [4.78, 5) is 17.2. The summed E-state index contributed by atoms with van der Waals surface area (Å²) in [6, 6.07) is 12.3. The van der Waals surface area contributed by atoms with E-state index < -0.39 is 0 Å². The number of hydrogen-bond donors (Lipinski definition) is 1. The zero-order valence-electron chi connectivity index (χ0n) is 16.5. The summed E-state index contributed by atoms with van der Waals surface area (Å²) in [7, 11) is 1.64. The molecule has 1 N–H and O–H groups in total. The number of nitrogens with one attached hydrogen (secondary N) is 1. The molecule has 0 unspecified atom stereocenters. The Morgan fingerprint density at radius 3 is 2.68 bits per heavy atom. The summed E-state index contributed by atoms with van der Waals surface area (Å²) in [5.74, 6) is 0.861. The van der Waals surface area contributed by atoms with Gasteiger partial charge in [-0.2, -0.15) is 0 Å². The first-order valence-electron chi connectivity index (χ1n) is 9.66. The maximum atomic E-state index is 12.8. The van der Waals surface area contributed by atoms with E-state index in [-0.39, 0.29) is 18.3 Å². The van der Waals surface area contributed by atoms with Crippen LogP contribution in [0.4, 0.5) is 5.69 Å². The van der Waals surface area contributed by atoms with Gasteiger partial charge in [-0.15, -0.1) is 12.4 Å². The molecule has 0 radical (unpaired) electrons. The van der Waals surface area contributed by atoms with Gasteiger partial charge in [-0.05, 0) is 42.2 Å². The Morgan fingerprint density at radius 1 is 1.14 bits per heavy atom. The number of aryl methyl sites for hydroxylation is 1. The highest BCUT2D eigenvalue weighted by atomic mass is 35.5. The largest absolute Gasteiger partial charge is 0.496 e. The fourth-order valence-corrected chi connectivity index (χ4v) is 4.03. The average molecular weight is 402 g/mol. The number of ether oxygens (including phenoxy) is 1. The van der Waals surface area contributed by atoms with Gasteiger partial charge in [0.25, 0.3) is 5.91 Å². The number of carbonyl (C=O) groups excluding carboxylic acids is 1. The van der Waals surface area contributed by atoms with Crippen LogP contribution >= 0.6 is 12.4 Å². The molecule has 0 saturated carbocycles. The average Bonchev–Trinajstić information content (AvgIpc) is 3.18. The van der Waals surface area contributed by atoms with E-state index in [1.807, 2.05) is 30.0 Å². The number of fused-ring (bicyclic) bond motifs is 1. The number of piperazine rings is 1. The molecular formula is C22H28ClN3O2. The first kappa shape index (κ1) is 20.5. The van der Waals surface area contributed by atoms with E-state index in [2.05, 4.69) is 28.4 Å². The highest BCUT2D eigenvalue weighted by molar-refractivity contribution is 5.94. The zero-order valence-corrected chi connectivity index (χ0v) is 17.3. The number of benzene rings is 2. The van der Waals surface area contributed by atoms with Gasteiger partial charge >= 0.3 is 0 Å². The van der Waals surface area contributed by atoms with Crippen molar-refractivity contribution in [3.05, 3.63) is 58.7 Å². The van der Waals surface area contributed by atoms with Crippen molar-refractivity contribution in [1.29, 1.82) is 0 Å². The number of amides is 1. The lowest BCUT2D eigenvalue weighted by Gasteiger charge is -2.35. The van der Waals surface area contributed by atoms with Gasteiger partial charge in [0.2, 0.25) is 0 Å². The van der Waals surface area contributed by atoms with Crippen LogP contribution in [0.15, 0.2) is 36.4 Å². The molecule has 1 amide bonds. The van der Waals surface area contributed by atoms with Gasteiger partial charge in [0.05, 0.1) is 7.11 Å². The SMILES string of the molecule is COc1cc(C(=O)N2CCN(Cc3cccc4c3NCC4)CC2)ccc1C.Cl. The normalized spacial score (nSPS) is 16.1. The molecule has 0 aromatic heterocycles. The third-order valence-corrected chi connectivity index (χ3v) is 5.64. The predicted molar refractivity (Wildman–Crippen MR) is 115 cm³/mol. The maximum absolute atomic E-state index is 12.8. The minimum absolute atomic E-state index is 0. The molecule has 150 valence electrons. The van der Waals surface area contributed by atoms with Crippen LogP contribution in [0.25, 0.3) is 0 Å². The van der Waals surface area contributed by atoms with E-state index in [4.69, 9.17) is 4.74 Å². The highest BCUT2D eigenvalue weighted by Gasteiger charge is 2.24. The molecule has 0 bridgehead atoms. The number of hydrogen-bond acceptors (Lipinski definition) is 4. The van der Waals surface area contributed by atoms with Crippen molar-refractivity contribution in [3.63, 3.8) is 0 Å². The van der Waals surface area contributed by atoms with Crippen molar-refractivity contribution in [2.45, 2.75) is 19.9 Å². The molecular weight excluding hydrogens is 374 g/mol. The second-order valence-corrected chi connectivity index (χ2v) is 7.38. The van der Waals surface area contributed by atoms with Crippen LogP contribution < -0.4 is 10.1 Å². The van der Waals surface area contributed by atoms with Crippen LogP contribution in [0.1, 0.15) is 27.0 Å². The second kappa shape index (κ2) is 8.84. The maximum Gasteiger partial charge on any atom is 0.254 e. The molecule has 5 nitrogen and oxygen atoms in total. The Balaban J connectivity index is 0.00000225. The second-order valence-electron chi connectivity index (χ2n) is 7.38. The summed E-state index contributed by atoms with van der Waals surface area (Å²) >= 11 is 0. The molecule has 2 aliphatic rings. The Kier molecular flexibility index (Phi) is 6.47. The number of anilines is 1. The molecule has 6 heteroatoms. The number of carbonyl (C=O) groups is 1. The Hall–Kier alpha value is -2.24. The third kappa shape index (κ3) is 4.10. The number of methoxy groups -OCH3 is 1. The fourth-order valence-electron chi connectivity index (χ4n) is 4.03. The molecule has 1 saturated heterocycles. The van der Waals surface area contributed by atoms with Crippen molar-refractivity contribution in [3.8, 4) is 5.75 Å². The molecule has 0 atom stereocenters. The van der Waals surface area contributed by atoms with Gasteiger partial charge < -0.3 is 15.0 Å². The topological polar surface area (TPSA) is 44.8 Å². The van der Waals surface area contributed by atoms with E-state index in [1.165, 1.54) is 16.8 Å². The monoisotopic (exact) mass is 401 g/mol. The summed E-state index contributed by atoms with van der Waals surface area (Å²) in [5, 5.41) is 3.52. The van der Waals surface area contributed by atoms with Crippen molar-refractivity contribution in [2.24, 2.45) is 0 Å². The predicted octanol–water partition coefficient (Wildman–Crippen LogP) is 3.35. The quantitative estimate of drug-likeness (QED) is 0.853. The molecule has 2 aliphatic heterocycles. The van der Waals surface area contributed by atoms with Crippen LogP contribution in [0.3, 0.4) is 0 Å². The molecule has 2 aromatic carbocycles. The zero-order chi connectivity index (χ0) is 18.8. The third-order valence-electron chi connectivity index (χ3n) is 5.64. The molecule has 28 heavy (non-hydrogen) atoms. The van der Waals surface area contributed by atoms with Crippen molar-refractivity contribution >= 4 is 24.0 Å². The first-order chi connectivity index (χ1) is 13.2. The van der Waals surface area contributed by atoms with E-state index in [9.17, 15) is 4.79 Å². The highest BCUT2D eigenvalue weighted by Crippen LogP contribution is 2.28. The molecule has 1 fully saturated rings. The lowest BCUT2D eigenvalue weighted by Crippen LogP contribution is -2.48. The molecule has 2 heterocycles. The molecule has 4 rings (SSSR count). The number of nitrogens with zero attached hydrogens (tertiary/aromatic N) is 2. The Morgan fingerprint density at radius 2 is 1.93 bits per heavy atom. The summed E-state index contributed by atoms with van der Waals surface area (Å²) in [5.41, 5.74) is 5.87. The van der Waals surface area contributed by atoms with Crippen molar-refractivity contribution in [2.75, 3.05) is 45.2 Å². The minimum atomic E-state index is 0. The van der Waals surface area contributed by atoms with E-state index in [1.54, 1.807) is 7.11 Å². The van der Waals surface area contributed by atoms with Gasteiger partial charge in [-0.1, -0.05) is 24.3 Å². The summed E-state index contributed by atoms with van der Waals surface area (Å²) < 4.78 is 5.36. The lowest BCUT2D eigenvalue weighted by molar-refractivity contribution is 0.0628. The Bertz CT molecular complexity index is 848. The Labute approximate surface area is 173 Å². The number of para-hydroxylation sites is 1. The van der Waals surface area contributed by atoms with E-state index >= 15 is 0 Å². The van der Waals surface area contributed by atoms with Gasteiger partial charge in [0.1, 0.15) is 5.75 Å². The van der Waals surface area contributed by atoms with Crippen LogP contribution in [0.5, 0.6) is 5.75 Å². The van der Waals surface area contributed by atoms with E-state index in [0.717, 1.165) is 57.0 Å².